The van der Waals surface area contributed by atoms with Crippen LogP contribution in [0, 0.1) is 0 Å². The molecule has 0 amide bonds. The largest absolute Gasteiger partial charge is 0.316 e. The van der Waals surface area contributed by atoms with Crippen LogP contribution in [0.4, 0.5) is 0 Å². The summed E-state index contributed by atoms with van der Waals surface area (Å²) in [5.74, 6) is 0. The summed E-state index contributed by atoms with van der Waals surface area (Å²) in [6, 6.07) is 8.67. The Kier molecular flexibility index (Phi) is 4.15. The molecule has 0 bridgehead atoms. The molecule has 3 nitrogen and oxygen atoms in total. The molecular formula is C15H21N3. The third-order valence-corrected chi connectivity index (χ3v) is 3.01. The van der Waals surface area contributed by atoms with Crippen LogP contribution in [-0.4, -0.2) is 16.8 Å². The van der Waals surface area contributed by atoms with Gasteiger partial charge in [0.15, 0.2) is 0 Å². The van der Waals surface area contributed by atoms with E-state index in [0.717, 1.165) is 19.4 Å². The quantitative estimate of drug-likeness (QED) is 0.875. The number of nitrogens with one attached hydrogen (secondary N) is 1. The van der Waals surface area contributed by atoms with Crippen molar-refractivity contribution in [1.82, 2.24) is 15.1 Å². The van der Waals surface area contributed by atoms with Gasteiger partial charge in [-0.15, -0.1) is 0 Å². The van der Waals surface area contributed by atoms with E-state index in [4.69, 9.17) is 0 Å². The SMILES string of the molecule is CCCc1nn(C)cc1-c1cccc(CNC)c1. The van der Waals surface area contributed by atoms with Gasteiger partial charge in [-0.2, -0.15) is 5.10 Å². The lowest BCUT2D eigenvalue weighted by atomic mass is 10.0. The maximum Gasteiger partial charge on any atom is 0.0702 e. The maximum atomic E-state index is 4.55. The molecule has 18 heavy (non-hydrogen) atoms. The number of nitrogens with zero attached hydrogens (tertiary/aromatic N) is 2. The number of hydrogen-bond donors (Lipinski definition) is 1. The highest BCUT2D eigenvalue weighted by molar-refractivity contribution is 5.66. The molecule has 2 aromatic rings. The van der Waals surface area contributed by atoms with Crippen molar-refractivity contribution >= 4 is 0 Å². The number of benzene rings is 1. The molecule has 2 rings (SSSR count). The highest BCUT2D eigenvalue weighted by Gasteiger charge is 2.09. The van der Waals surface area contributed by atoms with Crippen molar-refractivity contribution in [2.24, 2.45) is 7.05 Å². The van der Waals surface area contributed by atoms with E-state index in [2.05, 4.69) is 47.8 Å². The van der Waals surface area contributed by atoms with Gasteiger partial charge >= 0.3 is 0 Å². The van der Waals surface area contributed by atoms with Crippen molar-refractivity contribution in [3.63, 3.8) is 0 Å². The fourth-order valence-electron chi connectivity index (χ4n) is 2.25. The molecule has 0 fully saturated rings. The van der Waals surface area contributed by atoms with E-state index in [9.17, 15) is 0 Å². The van der Waals surface area contributed by atoms with Gasteiger partial charge in [0.05, 0.1) is 5.69 Å². The minimum absolute atomic E-state index is 0.900. The first-order valence-corrected chi connectivity index (χ1v) is 6.51. The van der Waals surface area contributed by atoms with Gasteiger partial charge in [-0.05, 0) is 30.7 Å². The standard InChI is InChI=1S/C15H21N3/c1-4-6-15-14(11-18(3)17-15)13-8-5-7-12(9-13)10-16-2/h5,7-9,11,16H,4,6,10H2,1-3H3. The lowest BCUT2D eigenvalue weighted by Gasteiger charge is -2.05. The maximum absolute atomic E-state index is 4.55. The Morgan fingerprint density at radius 2 is 2.17 bits per heavy atom. The summed E-state index contributed by atoms with van der Waals surface area (Å²) in [7, 11) is 3.96. The van der Waals surface area contributed by atoms with Crippen LogP contribution in [0.15, 0.2) is 30.5 Å². The zero-order valence-electron chi connectivity index (χ0n) is 11.4. The van der Waals surface area contributed by atoms with E-state index < -0.39 is 0 Å². The fraction of sp³-hybridized carbons (Fsp3) is 0.400. The zero-order chi connectivity index (χ0) is 13.0. The Hall–Kier alpha value is -1.61. The van der Waals surface area contributed by atoms with Crippen LogP contribution in [0.5, 0.6) is 0 Å². The molecule has 0 aliphatic carbocycles. The monoisotopic (exact) mass is 243 g/mol. The van der Waals surface area contributed by atoms with Crippen LogP contribution in [0.1, 0.15) is 24.6 Å². The summed E-state index contributed by atoms with van der Waals surface area (Å²) in [5.41, 5.74) is 5.03. The Morgan fingerprint density at radius 3 is 2.89 bits per heavy atom. The zero-order valence-corrected chi connectivity index (χ0v) is 11.4. The minimum Gasteiger partial charge on any atom is -0.316 e. The second-order valence-electron chi connectivity index (χ2n) is 4.64. The topological polar surface area (TPSA) is 29.9 Å². The fourth-order valence-corrected chi connectivity index (χ4v) is 2.25. The van der Waals surface area contributed by atoms with Gasteiger partial charge < -0.3 is 5.32 Å². The Balaban J connectivity index is 2.37. The highest BCUT2D eigenvalue weighted by atomic mass is 15.2. The van der Waals surface area contributed by atoms with Crippen molar-refractivity contribution in [3.05, 3.63) is 41.7 Å². The third kappa shape index (κ3) is 2.79. The summed E-state index contributed by atoms with van der Waals surface area (Å²) >= 11 is 0. The number of rotatable bonds is 5. The number of aromatic nitrogens is 2. The van der Waals surface area contributed by atoms with Gasteiger partial charge in [-0.25, -0.2) is 0 Å². The van der Waals surface area contributed by atoms with E-state index in [1.54, 1.807) is 0 Å². The summed E-state index contributed by atoms with van der Waals surface area (Å²) in [6.45, 7) is 3.09. The van der Waals surface area contributed by atoms with Crippen molar-refractivity contribution in [2.45, 2.75) is 26.3 Å². The van der Waals surface area contributed by atoms with E-state index in [1.165, 1.54) is 22.4 Å². The molecular weight excluding hydrogens is 222 g/mol. The average molecular weight is 243 g/mol. The van der Waals surface area contributed by atoms with E-state index in [1.807, 2.05) is 18.8 Å². The number of aryl methyl sites for hydroxylation is 2. The predicted octanol–water partition coefficient (Wildman–Crippen LogP) is 2.76. The molecule has 1 aromatic carbocycles. The van der Waals surface area contributed by atoms with Crippen molar-refractivity contribution in [1.29, 1.82) is 0 Å². The molecule has 0 spiro atoms. The van der Waals surface area contributed by atoms with E-state index in [0.29, 0.717) is 0 Å². The van der Waals surface area contributed by atoms with Gasteiger partial charge in [0.2, 0.25) is 0 Å². The summed E-state index contributed by atoms with van der Waals surface area (Å²) < 4.78 is 1.91. The minimum atomic E-state index is 0.900. The molecule has 1 aromatic heterocycles. The Labute approximate surface area is 109 Å². The van der Waals surface area contributed by atoms with Crippen LogP contribution in [-0.2, 0) is 20.0 Å². The molecule has 0 unspecified atom stereocenters. The molecule has 96 valence electrons. The smallest absolute Gasteiger partial charge is 0.0702 e. The Morgan fingerprint density at radius 1 is 1.33 bits per heavy atom. The normalized spacial score (nSPS) is 10.8. The first-order chi connectivity index (χ1) is 8.74. The molecule has 0 saturated carbocycles. The first kappa shape index (κ1) is 12.8. The molecule has 0 atom stereocenters. The second-order valence-corrected chi connectivity index (χ2v) is 4.64. The molecule has 1 N–H and O–H groups in total. The van der Waals surface area contributed by atoms with Crippen molar-refractivity contribution in [2.75, 3.05) is 7.05 Å². The van der Waals surface area contributed by atoms with Crippen LogP contribution in [0.2, 0.25) is 0 Å². The number of hydrogen-bond acceptors (Lipinski definition) is 2. The van der Waals surface area contributed by atoms with Crippen LogP contribution in [0.3, 0.4) is 0 Å². The highest BCUT2D eigenvalue weighted by Crippen LogP contribution is 2.24. The summed E-state index contributed by atoms with van der Waals surface area (Å²) in [4.78, 5) is 0. The van der Waals surface area contributed by atoms with E-state index >= 15 is 0 Å². The van der Waals surface area contributed by atoms with Gasteiger partial charge in [0.1, 0.15) is 0 Å². The van der Waals surface area contributed by atoms with Crippen molar-refractivity contribution < 1.29 is 0 Å². The average Bonchev–Trinajstić information content (AvgIpc) is 2.72. The van der Waals surface area contributed by atoms with Crippen molar-refractivity contribution in [3.8, 4) is 11.1 Å². The lowest BCUT2D eigenvalue weighted by Crippen LogP contribution is -2.04. The lowest BCUT2D eigenvalue weighted by molar-refractivity contribution is 0.733. The first-order valence-electron chi connectivity index (χ1n) is 6.51. The van der Waals surface area contributed by atoms with Crippen LogP contribution >= 0.6 is 0 Å². The molecule has 3 heteroatoms. The van der Waals surface area contributed by atoms with E-state index in [-0.39, 0.29) is 0 Å². The summed E-state index contributed by atoms with van der Waals surface area (Å²) in [6.07, 6.45) is 4.27. The molecule has 0 aliphatic rings. The molecule has 0 radical (unpaired) electrons. The van der Waals surface area contributed by atoms with Gasteiger partial charge in [0.25, 0.3) is 0 Å². The third-order valence-electron chi connectivity index (χ3n) is 3.01. The Bertz CT molecular complexity index is 514. The van der Waals surface area contributed by atoms with Gasteiger partial charge in [0, 0.05) is 25.4 Å². The molecule has 0 aliphatic heterocycles. The summed E-state index contributed by atoms with van der Waals surface area (Å²) in [5, 5.41) is 7.74. The second kappa shape index (κ2) is 5.83. The van der Waals surface area contributed by atoms with Crippen LogP contribution < -0.4 is 5.32 Å². The molecule has 0 saturated heterocycles. The van der Waals surface area contributed by atoms with Crippen LogP contribution in [0.25, 0.3) is 11.1 Å². The van der Waals surface area contributed by atoms with Gasteiger partial charge in [-0.1, -0.05) is 31.5 Å². The molecule has 1 heterocycles. The predicted molar refractivity (Wildman–Crippen MR) is 75.4 cm³/mol. The van der Waals surface area contributed by atoms with Gasteiger partial charge in [-0.3, -0.25) is 4.68 Å².